The average molecular weight is 211 g/mol. The number of fused-ring (bicyclic) bond motifs is 1. The molecule has 14 heavy (non-hydrogen) atoms. The van der Waals surface area contributed by atoms with Crippen molar-refractivity contribution in [2.24, 2.45) is 0 Å². The number of anilines is 1. The molecule has 74 valence electrons. The summed E-state index contributed by atoms with van der Waals surface area (Å²) in [6, 6.07) is 1.54. The molecule has 0 aromatic carbocycles. The van der Waals surface area contributed by atoms with Gasteiger partial charge in [-0.1, -0.05) is 12.2 Å². The lowest BCUT2D eigenvalue weighted by Gasteiger charge is -2.07. The minimum atomic E-state index is 0.298. The van der Waals surface area contributed by atoms with E-state index >= 15 is 0 Å². The van der Waals surface area contributed by atoms with Crippen molar-refractivity contribution in [3.05, 3.63) is 22.4 Å². The van der Waals surface area contributed by atoms with Crippen LogP contribution in [0.5, 0.6) is 0 Å². The Hall–Kier alpha value is -1.33. The molecule has 0 amide bonds. The van der Waals surface area contributed by atoms with Gasteiger partial charge < -0.3 is 8.83 Å². The molecule has 0 saturated heterocycles. The van der Waals surface area contributed by atoms with Crippen molar-refractivity contribution in [1.82, 2.24) is 0 Å². The number of hydroxylamine groups is 1. The highest BCUT2D eigenvalue weighted by molar-refractivity contribution is 7.71. The molecule has 0 bridgehead atoms. The van der Waals surface area contributed by atoms with Crippen LogP contribution in [0.25, 0.3) is 11.2 Å². The van der Waals surface area contributed by atoms with E-state index in [0.717, 1.165) is 10.6 Å². The molecule has 2 aromatic rings. The summed E-state index contributed by atoms with van der Waals surface area (Å²) in [5.74, 6) is 0.298. The third kappa shape index (κ3) is 1.30. The summed E-state index contributed by atoms with van der Waals surface area (Å²) in [6.45, 7) is 1.85. The Morgan fingerprint density at radius 2 is 2.14 bits per heavy atom. The zero-order valence-corrected chi connectivity index (χ0v) is 8.59. The summed E-state index contributed by atoms with van der Waals surface area (Å²) < 4.78 is 11.1. The molecule has 2 rings (SSSR count). The third-order valence-electron chi connectivity index (χ3n) is 1.92. The van der Waals surface area contributed by atoms with Crippen LogP contribution >= 0.6 is 12.2 Å². The van der Waals surface area contributed by atoms with Crippen LogP contribution < -0.4 is 5.06 Å². The molecule has 4 nitrogen and oxygen atoms in total. The van der Waals surface area contributed by atoms with Crippen LogP contribution in [-0.2, 0) is 0 Å². The van der Waals surface area contributed by atoms with Gasteiger partial charge in [0, 0.05) is 18.7 Å². The van der Waals surface area contributed by atoms with Gasteiger partial charge in [-0.05, 0) is 6.92 Å². The van der Waals surface area contributed by atoms with Crippen molar-refractivity contribution in [1.29, 1.82) is 0 Å². The van der Waals surface area contributed by atoms with E-state index in [4.69, 9.17) is 21.1 Å². The number of hydrogen-bond donors (Lipinski definition) is 1. The molecule has 0 spiro atoms. The Labute approximate surface area is 85.3 Å². The molecule has 0 aliphatic heterocycles. The standard InChI is InChI=1S/C9H9NO3S/c1-5-4-12-9-6(14)3-7(10(2)11)13-8(5)9/h3-4,11H,1-2H3. The second-order valence-corrected chi connectivity index (χ2v) is 3.49. The summed E-state index contributed by atoms with van der Waals surface area (Å²) in [7, 11) is 1.47. The second kappa shape index (κ2) is 3.11. The van der Waals surface area contributed by atoms with E-state index in [-0.39, 0.29) is 0 Å². The summed E-state index contributed by atoms with van der Waals surface area (Å²) in [4.78, 5) is 0. The predicted octanol–water partition coefficient (Wildman–Crippen LogP) is 2.89. The minimum absolute atomic E-state index is 0.298. The molecular formula is C9H9NO3S. The maximum Gasteiger partial charge on any atom is 0.220 e. The SMILES string of the molecule is Cc1coc2c(=S)cc(N(C)O)oc12. The summed E-state index contributed by atoms with van der Waals surface area (Å²) >= 11 is 5.08. The van der Waals surface area contributed by atoms with Gasteiger partial charge in [0.15, 0.2) is 11.2 Å². The topological polar surface area (TPSA) is 49.8 Å². The highest BCUT2D eigenvalue weighted by Gasteiger charge is 2.10. The van der Waals surface area contributed by atoms with Gasteiger partial charge in [-0.3, -0.25) is 5.21 Å². The molecule has 0 fully saturated rings. The highest BCUT2D eigenvalue weighted by atomic mass is 32.1. The fourth-order valence-corrected chi connectivity index (χ4v) is 1.44. The third-order valence-corrected chi connectivity index (χ3v) is 2.23. The van der Waals surface area contributed by atoms with Crippen LogP contribution in [0.1, 0.15) is 5.56 Å². The number of hydrogen-bond acceptors (Lipinski definition) is 5. The summed E-state index contributed by atoms with van der Waals surface area (Å²) in [5.41, 5.74) is 1.98. The quantitative estimate of drug-likeness (QED) is 0.580. The predicted molar refractivity (Wildman–Crippen MR) is 54.2 cm³/mol. The van der Waals surface area contributed by atoms with E-state index < -0.39 is 0 Å². The summed E-state index contributed by atoms with van der Waals surface area (Å²) in [6.07, 6.45) is 1.57. The molecule has 0 unspecified atom stereocenters. The molecule has 0 atom stereocenters. The lowest BCUT2D eigenvalue weighted by atomic mass is 10.3. The van der Waals surface area contributed by atoms with Gasteiger partial charge in [-0.2, -0.15) is 0 Å². The lowest BCUT2D eigenvalue weighted by molar-refractivity contribution is 0.258. The number of rotatable bonds is 1. The molecule has 5 heteroatoms. The molecule has 2 aromatic heterocycles. The molecule has 2 heterocycles. The summed E-state index contributed by atoms with van der Waals surface area (Å²) in [5, 5.41) is 10.1. The Bertz CT molecular complexity index is 526. The fraction of sp³-hybridized carbons (Fsp3) is 0.222. The Balaban J connectivity index is 2.82. The lowest BCUT2D eigenvalue weighted by Crippen LogP contribution is -2.09. The number of furan rings is 1. The van der Waals surface area contributed by atoms with Crippen LogP contribution in [0.4, 0.5) is 5.88 Å². The first-order valence-corrected chi connectivity index (χ1v) is 4.45. The zero-order valence-electron chi connectivity index (χ0n) is 7.77. The van der Waals surface area contributed by atoms with Crippen molar-refractivity contribution in [2.45, 2.75) is 6.92 Å². The molecule has 0 radical (unpaired) electrons. The largest absolute Gasteiger partial charge is 0.459 e. The van der Waals surface area contributed by atoms with Crippen LogP contribution in [-0.4, -0.2) is 12.3 Å². The first-order chi connectivity index (χ1) is 6.59. The van der Waals surface area contributed by atoms with E-state index in [0.29, 0.717) is 21.6 Å². The van der Waals surface area contributed by atoms with E-state index in [1.165, 1.54) is 7.05 Å². The van der Waals surface area contributed by atoms with Crippen LogP contribution in [0, 0.1) is 11.4 Å². The van der Waals surface area contributed by atoms with Gasteiger partial charge in [0.2, 0.25) is 5.88 Å². The van der Waals surface area contributed by atoms with Crippen molar-refractivity contribution in [2.75, 3.05) is 12.1 Å². The molecule has 1 N–H and O–H groups in total. The van der Waals surface area contributed by atoms with Gasteiger partial charge in [0.25, 0.3) is 0 Å². The van der Waals surface area contributed by atoms with Gasteiger partial charge in [0.1, 0.15) is 0 Å². The average Bonchev–Trinajstić information content (AvgIpc) is 2.48. The molecular weight excluding hydrogens is 202 g/mol. The van der Waals surface area contributed by atoms with Crippen molar-refractivity contribution < 1.29 is 14.0 Å². The Kier molecular flexibility index (Phi) is 2.05. The zero-order chi connectivity index (χ0) is 10.3. The van der Waals surface area contributed by atoms with E-state index in [1.807, 2.05) is 6.92 Å². The normalized spacial score (nSPS) is 10.8. The van der Waals surface area contributed by atoms with Gasteiger partial charge in [-0.15, -0.1) is 0 Å². The van der Waals surface area contributed by atoms with Crippen LogP contribution in [0.15, 0.2) is 21.2 Å². The molecule has 0 saturated carbocycles. The van der Waals surface area contributed by atoms with Crippen LogP contribution in [0.3, 0.4) is 0 Å². The highest BCUT2D eigenvalue weighted by Crippen LogP contribution is 2.26. The van der Waals surface area contributed by atoms with Crippen molar-refractivity contribution in [3.8, 4) is 0 Å². The van der Waals surface area contributed by atoms with Crippen LogP contribution in [0.2, 0.25) is 0 Å². The maximum absolute atomic E-state index is 9.20. The first kappa shape index (κ1) is 9.23. The smallest absolute Gasteiger partial charge is 0.220 e. The van der Waals surface area contributed by atoms with Crippen molar-refractivity contribution >= 4 is 29.3 Å². The maximum atomic E-state index is 9.20. The Morgan fingerprint density at radius 3 is 2.79 bits per heavy atom. The minimum Gasteiger partial charge on any atom is -0.459 e. The van der Waals surface area contributed by atoms with Gasteiger partial charge >= 0.3 is 0 Å². The van der Waals surface area contributed by atoms with E-state index in [1.54, 1.807) is 12.3 Å². The number of aryl methyl sites for hydroxylation is 1. The van der Waals surface area contributed by atoms with E-state index in [9.17, 15) is 5.21 Å². The Morgan fingerprint density at radius 1 is 1.43 bits per heavy atom. The molecule has 0 aliphatic rings. The van der Waals surface area contributed by atoms with E-state index in [2.05, 4.69) is 0 Å². The molecule has 0 aliphatic carbocycles. The van der Waals surface area contributed by atoms with Crippen molar-refractivity contribution in [3.63, 3.8) is 0 Å². The van der Waals surface area contributed by atoms with Gasteiger partial charge in [0.05, 0.1) is 10.8 Å². The first-order valence-electron chi connectivity index (χ1n) is 4.04. The number of nitrogens with zero attached hydrogens (tertiary/aromatic N) is 1. The monoisotopic (exact) mass is 211 g/mol. The second-order valence-electron chi connectivity index (χ2n) is 3.05. The fourth-order valence-electron chi connectivity index (χ4n) is 1.20. The van der Waals surface area contributed by atoms with Gasteiger partial charge in [-0.25, -0.2) is 5.06 Å².